The fourth-order valence-corrected chi connectivity index (χ4v) is 4.88. The Morgan fingerprint density at radius 3 is 2.31 bits per heavy atom. The van der Waals surface area contributed by atoms with Crippen molar-refractivity contribution >= 4 is 35.1 Å². The van der Waals surface area contributed by atoms with Gasteiger partial charge in [-0.3, -0.25) is 9.59 Å². The molecule has 2 heterocycles. The summed E-state index contributed by atoms with van der Waals surface area (Å²) in [4.78, 5) is 44.0. The number of rotatable bonds is 11. The Balaban J connectivity index is 1.31. The predicted octanol–water partition coefficient (Wildman–Crippen LogP) is 5.34. The van der Waals surface area contributed by atoms with Crippen molar-refractivity contribution in [2.24, 2.45) is 0 Å². The van der Waals surface area contributed by atoms with Crippen LogP contribution in [0.25, 0.3) is 0 Å². The molecule has 0 fully saturated rings. The molecule has 10 nitrogen and oxygen atoms in total. The number of thioether (sulfide) groups is 1. The first-order chi connectivity index (χ1) is 20.4. The van der Waals surface area contributed by atoms with E-state index in [9.17, 15) is 14.4 Å². The molecule has 0 spiro atoms. The van der Waals surface area contributed by atoms with Gasteiger partial charge in [0.1, 0.15) is 16.5 Å². The van der Waals surface area contributed by atoms with Crippen molar-refractivity contribution in [3.63, 3.8) is 0 Å². The largest absolute Gasteiger partial charge is 0.497 e. The Hall–Kier alpha value is -5.03. The molecular formula is C31H26N2O8S. The van der Waals surface area contributed by atoms with Crippen LogP contribution in [0.3, 0.4) is 0 Å². The minimum absolute atomic E-state index is 0.0293. The molecule has 0 aliphatic carbocycles. The molecule has 1 atom stereocenters. The van der Waals surface area contributed by atoms with Gasteiger partial charge in [0.25, 0.3) is 0 Å². The van der Waals surface area contributed by atoms with Crippen LogP contribution in [0.15, 0.2) is 90.1 Å². The number of amides is 1. The SMILES string of the molecule is COc1ccc(C(=O)C(OC(=O)c2cccnc2SCC(=O)Nc2ccc3c(c2)OCO3)c2ccc(OC)cc2)cc1. The molecule has 5 rings (SSSR count). The number of nitrogens with zero attached hydrogens (tertiary/aromatic N) is 1. The number of fused-ring (bicyclic) bond motifs is 1. The van der Waals surface area contributed by atoms with Gasteiger partial charge in [-0.25, -0.2) is 9.78 Å². The van der Waals surface area contributed by atoms with E-state index in [1.807, 2.05) is 0 Å². The number of benzene rings is 3. The lowest BCUT2D eigenvalue weighted by Crippen LogP contribution is -2.21. The standard InChI is InChI=1S/C31H26N2O8S/c1-37-22-10-5-19(6-11-22)28(35)29(20-7-12-23(38-2)13-8-20)41-31(36)24-4-3-15-32-30(24)42-17-27(34)33-21-9-14-25-26(16-21)40-18-39-25/h3-16,29H,17-18H2,1-2H3,(H,33,34). The van der Waals surface area contributed by atoms with E-state index in [-0.39, 0.29) is 29.0 Å². The molecule has 0 saturated heterocycles. The fourth-order valence-electron chi connectivity index (χ4n) is 4.10. The van der Waals surface area contributed by atoms with Gasteiger partial charge in [0.05, 0.1) is 25.5 Å². The maximum Gasteiger partial charge on any atom is 0.341 e. The van der Waals surface area contributed by atoms with Gasteiger partial charge >= 0.3 is 5.97 Å². The van der Waals surface area contributed by atoms with Gasteiger partial charge in [0, 0.05) is 29.1 Å². The normalized spacial score (nSPS) is 12.2. The highest BCUT2D eigenvalue weighted by Crippen LogP contribution is 2.34. The van der Waals surface area contributed by atoms with Crippen LogP contribution in [0.5, 0.6) is 23.0 Å². The summed E-state index contributed by atoms with van der Waals surface area (Å²) in [7, 11) is 3.06. The molecule has 11 heteroatoms. The van der Waals surface area contributed by atoms with Crippen LogP contribution < -0.4 is 24.3 Å². The molecule has 0 bridgehead atoms. The van der Waals surface area contributed by atoms with Crippen molar-refractivity contribution in [2.45, 2.75) is 11.1 Å². The Bertz CT molecular complexity index is 1590. The third kappa shape index (κ3) is 6.64. The number of hydrogen-bond acceptors (Lipinski definition) is 10. The number of nitrogens with one attached hydrogen (secondary N) is 1. The summed E-state index contributed by atoms with van der Waals surface area (Å²) in [6.07, 6.45) is 0.266. The highest BCUT2D eigenvalue weighted by atomic mass is 32.2. The molecule has 42 heavy (non-hydrogen) atoms. The zero-order chi connectivity index (χ0) is 29.5. The van der Waals surface area contributed by atoms with Crippen LogP contribution in [-0.4, -0.2) is 49.4 Å². The van der Waals surface area contributed by atoms with Gasteiger partial charge in [-0.2, -0.15) is 0 Å². The van der Waals surface area contributed by atoms with Crippen molar-refractivity contribution < 1.29 is 38.1 Å². The van der Waals surface area contributed by atoms with Crippen LogP contribution in [-0.2, 0) is 9.53 Å². The average molecular weight is 587 g/mol. The Labute approximate surface area is 245 Å². The Morgan fingerprint density at radius 1 is 0.905 bits per heavy atom. The number of ketones is 1. The first kappa shape index (κ1) is 28.5. The summed E-state index contributed by atoms with van der Waals surface area (Å²) in [5.74, 6) is 0.813. The van der Waals surface area contributed by atoms with E-state index < -0.39 is 17.9 Å². The molecule has 0 radical (unpaired) electrons. The van der Waals surface area contributed by atoms with E-state index in [1.54, 1.807) is 72.8 Å². The molecule has 3 aromatic carbocycles. The van der Waals surface area contributed by atoms with Gasteiger partial charge in [-0.15, -0.1) is 0 Å². The van der Waals surface area contributed by atoms with E-state index in [0.29, 0.717) is 39.8 Å². The van der Waals surface area contributed by atoms with Crippen LogP contribution >= 0.6 is 11.8 Å². The summed E-state index contributed by atoms with van der Waals surface area (Å²) in [6.45, 7) is 0.131. The van der Waals surface area contributed by atoms with Gasteiger partial charge in [0.2, 0.25) is 18.5 Å². The van der Waals surface area contributed by atoms with Crippen LogP contribution in [0.1, 0.15) is 32.4 Å². The quantitative estimate of drug-likeness (QED) is 0.140. The number of anilines is 1. The molecule has 1 amide bonds. The average Bonchev–Trinajstić information content (AvgIpc) is 3.50. The molecule has 1 aromatic heterocycles. The smallest absolute Gasteiger partial charge is 0.341 e. The van der Waals surface area contributed by atoms with Crippen molar-refractivity contribution in [2.75, 3.05) is 32.1 Å². The van der Waals surface area contributed by atoms with E-state index >= 15 is 0 Å². The lowest BCUT2D eigenvalue weighted by molar-refractivity contribution is -0.113. The van der Waals surface area contributed by atoms with Crippen LogP contribution in [0, 0.1) is 0 Å². The summed E-state index contributed by atoms with van der Waals surface area (Å²) < 4.78 is 26.9. The topological polar surface area (TPSA) is 122 Å². The summed E-state index contributed by atoms with van der Waals surface area (Å²) in [6, 6.07) is 21.4. The molecule has 4 aromatic rings. The van der Waals surface area contributed by atoms with Gasteiger partial charge in [0.15, 0.2) is 17.6 Å². The lowest BCUT2D eigenvalue weighted by Gasteiger charge is -2.19. The minimum atomic E-state index is -1.25. The highest BCUT2D eigenvalue weighted by molar-refractivity contribution is 8.00. The zero-order valence-corrected chi connectivity index (χ0v) is 23.5. The number of esters is 1. The zero-order valence-electron chi connectivity index (χ0n) is 22.7. The second-order valence-electron chi connectivity index (χ2n) is 8.91. The molecule has 1 unspecified atom stereocenters. The molecular weight excluding hydrogens is 560 g/mol. The van der Waals surface area contributed by atoms with Crippen molar-refractivity contribution in [3.8, 4) is 23.0 Å². The number of carbonyl (C=O) groups is 3. The van der Waals surface area contributed by atoms with Crippen molar-refractivity contribution in [1.82, 2.24) is 4.98 Å². The van der Waals surface area contributed by atoms with E-state index in [2.05, 4.69) is 10.3 Å². The summed E-state index contributed by atoms with van der Waals surface area (Å²) in [5, 5.41) is 3.08. The third-order valence-corrected chi connectivity index (χ3v) is 7.25. The van der Waals surface area contributed by atoms with Gasteiger partial charge in [-0.05, 0) is 60.7 Å². The Kier molecular flexibility index (Phi) is 8.88. The number of methoxy groups -OCH3 is 2. The van der Waals surface area contributed by atoms with Gasteiger partial charge in [-0.1, -0.05) is 23.9 Å². The molecule has 1 aliphatic rings. The lowest BCUT2D eigenvalue weighted by atomic mass is 9.99. The first-order valence-electron chi connectivity index (χ1n) is 12.8. The highest BCUT2D eigenvalue weighted by Gasteiger charge is 2.28. The third-order valence-electron chi connectivity index (χ3n) is 6.24. The number of ether oxygens (including phenoxy) is 5. The number of hydrogen-bond donors (Lipinski definition) is 1. The van der Waals surface area contributed by atoms with Gasteiger partial charge < -0.3 is 29.0 Å². The number of aromatic nitrogens is 1. The van der Waals surface area contributed by atoms with E-state index in [0.717, 1.165) is 11.8 Å². The monoisotopic (exact) mass is 586 g/mol. The molecule has 214 valence electrons. The van der Waals surface area contributed by atoms with Crippen LogP contribution in [0.2, 0.25) is 0 Å². The van der Waals surface area contributed by atoms with Crippen LogP contribution in [0.4, 0.5) is 5.69 Å². The van der Waals surface area contributed by atoms with E-state index in [1.165, 1.54) is 26.5 Å². The minimum Gasteiger partial charge on any atom is -0.497 e. The fraction of sp³-hybridized carbons (Fsp3) is 0.161. The predicted molar refractivity (Wildman–Crippen MR) is 155 cm³/mol. The second-order valence-corrected chi connectivity index (χ2v) is 9.88. The van der Waals surface area contributed by atoms with Crippen molar-refractivity contribution in [1.29, 1.82) is 0 Å². The maximum absolute atomic E-state index is 13.6. The molecule has 1 N–H and O–H groups in total. The number of carbonyl (C=O) groups excluding carboxylic acids is 3. The van der Waals surface area contributed by atoms with Crippen molar-refractivity contribution in [3.05, 3.63) is 102 Å². The molecule has 1 aliphatic heterocycles. The maximum atomic E-state index is 13.6. The molecule has 0 saturated carbocycles. The Morgan fingerprint density at radius 2 is 1.60 bits per heavy atom. The summed E-state index contributed by atoms with van der Waals surface area (Å²) in [5.41, 5.74) is 1.47. The number of Topliss-reactive ketones (excluding diaryl/α,β-unsaturated/α-hetero) is 1. The number of pyridine rings is 1. The van der Waals surface area contributed by atoms with E-state index in [4.69, 9.17) is 23.7 Å². The first-order valence-corrected chi connectivity index (χ1v) is 13.7. The second kappa shape index (κ2) is 13.1. The summed E-state index contributed by atoms with van der Waals surface area (Å²) >= 11 is 1.07.